The number of nitrogens with one attached hydrogen (secondary N) is 1. The Bertz CT molecular complexity index is 1330. The largest absolute Gasteiger partial charge is 0.355 e. The molecule has 0 aliphatic heterocycles. The van der Waals surface area contributed by atoms with Crippen molar-refractivity contribution in [1.82, 2.24) is 15.4 Å². The molecule has 0 radical (unpaired) electrons. The zero-order valence-corrected chi connectivity index (χ0v) is 17.8. The molecule has 5 rings (SSSR count). The fraction of sp³-hybridized carbons (Fsp3) is 0.0435. The molecule has 0 spiro atoms. The Morgan fingerprint density at radius 3 is 2.55 bits per heavy atom. The first-order valence-corrected chi connectivity index (χ1v) is 11.3. The molecule has 1 N–H and O–H groups in total. The smallest absolute Gasteiger partial charge is 0.257 e. The van der Waals surface area contributed by atoms with Gasteiger partial charge in [0.15, 0.2) is 10.1 Å². The topological polar surface area (TPSA) is 80.9 Å². The maximum absolute atomic E-state index is 12.8. The molecule has 0 saturated heterocycles. The number of amides is 1. The standard InChI is InChI=1S/C23H16N4O2S2/c28-21(24-22-25-26-23(31-22)30-14-15-7-3-1-4-8-15)17-11-12-19-18(13-17)20(29-27-19)16-9-5-2-6-10-16/h1-13H,14H2,(H,24,25,28). The lowest BCUT2D eigenvalue weighted by atomic mass is 10.1. The molecule has 1 amide bonds. The summed E-state index contributed by atoms with van der Waals surface area (Å²) in [5, 5.41) is 16.4. The number of nitrogens with zero attached hydrogens (tertiary/aromatic N) is 3. The van der Waals surface area contributed by atoms with Gasteiger partial charge in [0.2, 0.25) is 5.13 Å². The molecule has 2 heterocycles. The second-order valence-corrected chi connectivity index (χ2v) is 8.91. The zero-order valence-electron chi connectivity index (χ0n) is 16.2. The van der Waals surface area contributed by atoms with Crippen molar-refractivity contribution in [2.24, 2.45) is 0 Å². The number of carbonyl (C=O) groups excluding carboxylic acids is 1. The molecule has 6 nitrogen and oxygen atoms in total. The molecule has 2 aromatic heterocycles. The van der Waals surface area contributed by atoms with Crippen molar-refractivity contribution in [2.75, 3.05) is 5.32 Å². The number of thioether (sulfide) groups is 1. The lowest BCUT2D eigenvalue weighted by Crippen LogP contribution is -2.11. The molecule has 0 aliphatic rings. The molecule has 0 saturated carbocycles. The SMILES string of the molecule is O=C(Nc1nnc(SCc2ccccc2)s1)c1ccc2noc(-c3ccccc3)c2c1. The van der Waals surface area contributed by atoms with Gasteiger partial charge in [-0.25, -0.2) is 0 Å². The Morgan fingerprint density at radius 1 is 0.968 bits per heavy atom. The molecule has 152 valence electrons. The molecular formula is C23H16N4O2S2. The number of fused-ring (bicyclic) bond motifs is 1. The van der Waals surface area contributed by atoms with E-state index in [1.165, 1.54) is 16.9 Å². The van der Waals surface area contributed by atoms with Gasteiger partial charge in [0, 0.05) is 16.9 Å². The number of hydrogen-bond donors (Lipinski definition) is 1. The van der Waals surface area contributed by atoms with Crippen LogP contribution in [0.3, 0.4) is 0 Å². The minimum atomic E-state index is -0.252. The van der Waals surface area contributed by atoms with Gasteiger partial charge in [-0.15, -0.1) is 10.2 Å². The van der Waals surface area contributed by atoms with E-state index in [0.717, 1.165) is 21.0 Å². The van der Waals surface area contributed by atoms with Crippen LogP contribution >= 0.6 is 23.1 Å². The third-order valence-electron chi connectivity index (χ3n) is 4.61. The van der Waals surface area contributed by atoms with E-state index < -0.39 is 0 Å². The summed E-state index contributed by atoms with van der Waals surface area (Å²) in [6.45, 7) is 0. The summed E-state index contributed by atoms with van der Waals surface area (Å²) >= 11 is 2.95. The van der Waals surface area contributed by atoms with Crippen LogP contribution in [0.2, 0.25) is 0 Å². The van der Waals surface area contributed by atoms with Crippen molar-refractivity contribution < 1.29 is 9.32 Å². The maximum atomic E-state index is 12.8. The Morgan fingerprint density at radius 2 is 1.74 bits per heavy atom. The van der Waals surface area contributed by atoms with Gasteiger partial charge in [-0.1, -0.05) is 88.9 Å². The quantitative estimate of drug-likeness (QED) is 0.260. The number of aromatic nitrogens is 3. The van der Waals surface area contributed by atoms with Crippen LogP contribution in [0.15, 0.2) is 87.7 Å². The van der Waals surface area contributed by atoms with E-state index >= 15 is 0 Å². The van der Waals surface area contributed by atoms with Crippen molar-refractivity contribution >= 4 is 45.0 Å². The zero-order chi connectivity index (χ0) is 21.0. The van der Waals surface area contributed by atoms with Crippen LogP contribution < -0.4 is 5.32 Å². The van der Waals surface area contributed by atoms with Crippen LogP contribution in [0.5, 0.6) is 0 Å². The molecule has 0 fully saturated rings. The summed E-state index contributed by atoms with van der Waals surface area (Å²) in [6, 6.07) is 25.1. The molecule has 0 bridgehead atoms. The molecule has 8 heteroatoms. The predicted molar refractivity (Wildman–Crippen MR) is 123 cm³/mol. The van der Waals surface area contributed by atoms with Crippen LogP contribution in [-0.4, -0.2) is 21.3 Å². The summed E-state index contributed by atoms with van der Waals surface area (Å²) < 4.78 is 6.32. The monoisotopic (exact) mass is 444 g/mol. The Balaban J connectivity index is 1.31. The number of benzene rings is 3. The van der Waals surface area contributed by atoms with Crippen LogP contribution in [0.25, 0.3) is 22.2 Å². The van der Waals surface area contributed by atoms with Gasteiger partial charge < -0.3 is 4.52 Å². The highest BCUT2D eigenvalue weighted by molar-refractivity contribution is 8.00. The second-order valence-electron chi connectivity index (χ2n) is 6.71. The summed E-state index contributed by atoms with van der Waals surface area (Å²) in [7, 11) is 0. The van der Waals surface area contributed by atoms with E-state index in [1.807, 2.05) is 48.5 Å². The van der Waals surface area contributed by atoms with Crippen LogP contribution in [-0.2, 0) is 5.75 Å². The lowest BCUT2D eigenvalue weighted by molar-refractivity contribution is 0.102. The minimum absolute atomic E-state index is 0.252. The molecule has 31 heavy (non-hydrogen) atoms. The first kappa shape index (κ1) is 19.5. The third kappa shape index (κ3) is 4.35. The molecular weight excluding hydrogens is 428 g/mol. The number of rotatable bonds is 6. The van der Waals surface area contributed by atoms with Crippen molar-refractivity contribution in [2.45, 2.75) is 10.1 Å². The number of hydrogen-bond acceptors (Lipinski definition) is 7. The lowest BCUT2D eigenvalue weighted by Gasteiger charge is -2.02. The second kappa shape index (κ2) is 8.71. The average Bonchev–Trinajstić information content (AvgIpc) is 3.45. The van der Waals surface area contributed by atoms with E-state index in [4.69, 9.17) is 4.52 Å². The molecule has 3 aromatic carbocycles. The highest BCUT2D eigenvalue weighted by atomic mass is 32.2. The summed E-state index contributed by atoms with van der Waals surface area (Å²) in [4.78, 5) is 12.8. The van der Waals surface area contributed by atoms with E-state index in [1.54, 1.807) is 30.0 Å². The third-order valence-corrected chi connectivity index (χ3v) is 6.65. The van der Waals surface area contributed by atoms with Gasteiger partial charge in [0.25, 0.3) is 5.91 Å². The summed E-state index contributed by atoms with van der Waals surface area (Å²) in [5.74, 6) is 1.19. The minimum Gasteiger partial charge on any atom is -0.355 e. The van der Waals surface area contributed by atoms with Gasteiger partial charge in [-0.2, -0.15) is 0 Å². The summed E-state index contributed by atoms with van der Waals surface area (Å²) in [5.41, 5.74) is 3.32. The normalized spacial score (nSPS) is 11.0. The highest BCUT2D eigenvalue weighted by Gasteiger charge is 2.15. The summed E-state index contributed by atoms with van der Waals surface area (Å²) in [6.07, 6.45) is 0. The average molecular weight is 445 g/mol. The van der Waals surface area contributed by atoms with E-state index in [0.29, 0.717) is 22.0 Å². The highest BCUT2D eigenvalue weighted by Crippen LogP contribution is 2.31. The van der Waals surface area contributed by atoms with E-state index in [9.17, 15) is 4.79 Å². The van der Waals surface area contributed by atoms with Gasteiger partial charge >= 0.3 is 0 Å². The fourth-order valence-electron chi connectivity index (χ4n) is 3.09. The Labute approximate surface area is 186 Å². The van der Waals surface area contributed by atoms with Crippen LogP contribution in [0.1, 0.15) is 15.9 Å². The number of anilines is 1. The maximum Gasteiger partial charge on any atom is 0.257 e. The van der Waals surface area contributed by atoms with Crippen molar-refractivity contribution in [3.8, 4) is 11.3 Å². The van der Waals surface area contributed by atoms with Crippen molar-refractivity contribution in [1.29, 1.82) is 0 Å². The van der Waals surface area contributed by atoms with Crippen LogP contribution in [0.4, 0.5) is 5.13 Å². The van der Waals surface area contributed by atoms with E-state index in [-0.39, 0.29) is 5.91 Å². The van der Waals surface area contributed by atoms with Gasteiger partial charge in [-0.3, -0.25) is 10.1 Å². The van der Waals surface area contributed by atoms with Crippen molar-refractivity contribution in [3.63, 3.8) is 0 Å². The van der Waals surface area contributed by atoms with Crippen molar-refractivity contribution in [3.05, 3.63) is 90.0 Å². The number of carbonyl (C=O) groups is 1. The molecule has 0 aliphatic carbocycles. The molecule has 0 unspecified atom stereocenters. The predicted octanol–water partition coefficient (Wildman–Crippen LogP) is 5.89. The van der Waals surface area contributed by atoms with Gasteiger partial charge in [0.05, 0.1) is 5.39 Å². The first-order valence-electron chi connectivity index (χ1n) is 9.53. The fourth-order valence-corrected chi connectivity index (χ4v) is 4.79. The Kier molecular flexibility index (Phi) is 5.47. The Hall–Kier alpha value is -3.49. The molecule has 5 aromatic rings. The molecule has 0 atom stereocenters. The van der Waals surface area contributed by atoms with Gasteiger partial charge in [-0.05, 0) is 23.8 Å². The van der Waals surface area contributed by atoms with Gasteiger partial charge in [0.1, 0.15) is 5.52 Å². The van der Waals surface area contributed by atoms with E-state index in [2.05, 4.69) is 32.8 Å². The first-order chi connectivity index (χ1) is 15.3. The van der Waals surface area contributed by atoms with Crippen LogP contribution in [0, 0.1) is 0 Å².